The quantitative estimate of drug-likeness (QED) is 0.513. The van der Waals surface area contributed by atoms with E-state index in [0.29, 0.717) is 16.9 Å². The van der Waals surface area contributed by atoms with Gasteiger partial charge < -0.3 is 5.32 Å². The van der Waals surface area contributed by atoms with Gasteiger partial charge in [-0.25, -0.2) is 9.36 Å². The Morgan fingerprint density at radius 2 is 2.11 bits per heavy atom. The first-order chi connectivity index (χ1) is 13.0. The summed E-state index contributed by atoms with van der Waals surface area (Å²) in [5, 5.41) is 21.8. The second-order valence-electron chi connectivity index (χ2n) is 5.72. The number of nitrogens with one attached hydrogen (secondary N) is 1. The van der Waals surface area contributed by atoms with Crippen LogP contribution in [-0.4, -0.2) is 36.9 Å². The molecule has 0 unspecified atom stereocenters. The van der Waals surface area contributed by atoms with E-state index in [0.717, 1.165) is 0 Å². The van der Waals surface area contributed by atoms with Gasteiger partial charge in [-0.1, -0.05) is 0 Å². The normalized spacial score (nSPS) is 10.6. The molecule has 10 heteroatoms. The van der Waals surface area contributed by atoms with Gasteiger partial charge in [-0.15, -0.1) is 5.10 Å². The zero-order valence-corrected chi connectivity index (χ0v) is 14.4. The summed E-state index contributed by atoms with van der Waals surface area (Å²) in [6.45, 7) is 1.91. The number of nitrogens with zero attached hydrogens (tertiary/aromatic N) is 5. The number of nitro benzene ring substituents is 1. The second kappa shape index (κ2) is 7.60. The maximum atomic E-state index is 12.2. The molecule has 27 heavy (non-hydrogen) atoms. The molecule has 1 N–H and O–H groups in total. The fourth-order valence-corrected chi connectivity index (χ4v) is 2.50. The average molecular weight is 368 g/mol. The van der Waals surface area contributed by atoms with Crippen LogP contribution in [0.25, 0.3) is 5.82 Å². The molecule has 10 nitrogen and oxygen atoms in total. The second-order valence-corrected chi connectivity index (χ2v) is 5.72. The lowest BCUT2D eigenvalue weighted by atomic mass is 10.1. The molecular formula is C17H16N6O4. The minimum absolute atomic E-state index is 0.0438. The van der Waals surface area contributed by atoms with Crippen molar-refractivity contribution in [3.8, 4) is 5.82 Å². The van der Waals surface area contributed by atoms with Crippen LogP contribution < -0.4 is 10.9 Å². The molecule has 2 aromatic heterocycles. The predicted molar refractivity (Wildman–Crippen MR) is 95.8 cm³/mol. The monoisotopic (exact) mass is 368 g/mol. The van der Waals surface area contributed by atoms with Crippen LogP contribution in [0.2, 0.25) is 0 Å². The Bertz CT molecular complexity index is 1040. The first-order valence-corrected chi connectivity index (χ1v) is 8.07. The molecule has 138 valence electrons. The van der Waals surface area contributed by atoms with Gasteiger partial charge in [-0.3, -0.25) is 19.7 Å². The summed E-state index contributed by atoms with van der Waals surface area (Å²) in [5.74, 6) is 0.0983. The molecular weight excluding hydrogens is 352 g/mol. The Morgan fingerprint density at radius 3 is 2.78 bits per heavy atom. The summed E-state index contributed by atoms with van der Waals surface area (Å²) in [6.07, 6.45) is 3.30. The largest absolute Gasteiger partial charge is 0.350 e. The molecule has 1 amide bonds. The molecule has 1 aromatic carbocycles. The van der Waals surface area contributed by atoms with Crippen LogP contribution in [0.15, 0.2) is 53.6 Å². The van der Waals surface area contributed by atoms with Gasteiger partial charge in [-0.2, -0.15) is 5.10 Å². The van der Waals surface area contributed by atoms with Crippen LogP contribution in [0.1, 0.15) is 15.9 Å². The number of hydrogen-bond acceptors (Lipinski definition) is 6. The molecule has 0 saturated carbocycles. The number of hydrogen-bond donors (Lipinski definition) is 1. The van der Waals surface area contributed by atoms with E-state index < -0.39 is 4.92 Å². The summed E-state index contributed by atoms with van der Waals surface area (Å²) in [6, 6.07) is 8.82. The van der Waals surface area contributed by atoms with E-state index in [1.807, 2.05) is 0 Å². The maximum absolute atomic E-state index is 12.2. The molecule has 0 bridgehead atoms. The predicted octanol–water partition coefficient (Wildman–Crippen LogP) is 1.08. The minimum atomic E-state index is -0.498. The number of aromatic nitrogens is 4. The van der Waals surface area contributed by atoms with Crippen LogP contribution in [0.3, 0.4) is 0 Å². The van der Waals surface area contributed by atoms with Gasteiger partial charge in [0.2, 0.25) is 0 Å². The smallest absolute Gasteiger partial charge is 0.272 e. The maximum Gasteiger partial charge on any atom is 0.272 e. The fraction of sp³-hybridized carbons (Fsp3) is 0.176. The van der Waals surface area contributed by atoms with E-state index in [-0.39, 0.29) is 30.2 Å². The molecule has 3 rings (SSSR count). The Balaban J connectivity index is 1.65. The lowest BCUT2D eigenvalue weighted by Crippen LogP contribution is -2.32. The third kappa shape index (κ3) is 4.06. The van der Waals surface area contributed by atoms with Crippen molar-refractivity contribution in [1.29, 1.82) is 0 Å². The van der Waals surface area contributed by atoms with E-state index in [1.54, 1.807) is 31.5 Å². The number of carbonyl (C=O) groups excluding carboxylic acids is 1. The highest BCUT2D eigenvalue weighted by atomic mass is 16.6. The van der Waals surface area contributed by atoms with Crippen molar-refractivity contribution in [3.63, 3.8) is 0 Å². The molecule has 0 aliphatic carbocycles. The lowest BCUT2D eigenvalue weighted by molar-refractivity contribution is -0.385. The topological polar surface area (TPSA) is 125 Å². The van der Waals surface area contributed by atoms with Gasteiger partial charge in [0, 0.05) is 42.2 Å². The minimum Gasteiger partial charge on any atom is -0.350 e. The van der Waals surface area contributed by atoms with Crippen molar-refractivity contribution in [1.82, 2.24) is 24.9 Å². The van der Waals surface area contributed by atoms with Crippen LogP contribution in [0.4, 0.5) is 5.69 Å². The van der Waals surface area contributed by atoms with Crippen molar-refractivity contribution >= 4 is 11.6 Å². The Kier molecular flexibility index (Phi) is 5.06. The Hall–Kier alpha value is -3.82. The summed E-state index contributed by atoms with van der Waals surface area (Å²) in [7, 11) is 0. The van der Waals surface area contributed by atoms with Crippen LogP contribution >= 0.6 is 0 Å². The van der Waals surface area contributed by atoms with Gasteiger partial charge in [0.1, 0.15) is 0 Å². The van der Waals surface area contributed by atoms with Crippen molar-refractivity contribution in [3.05, 3.63) is 80.4 Å². The van der Waals surface area contributed by atoms with E-state index in [2.05, 4.69) is 15.5 Å². The van der Waals surface area contributed by atoms with E-state index in [1.165, 1.54) is 33.6 Å². The Morgan fingerprint density at radius 1 is 1.30 bits per heavy atom. The number of carbonyl (C=O) groups is 1. The molecule has 0 fully saturated rings. The highest BCUT2D eigenvalue weighted by Gasteiger charge is 2.13. The zero-order chi connectivity index (χ0) is 19.4. The summed E-state index contributed by atoms with van der Waals surface area (Å²) in [5.41, 5.74) is 0.366. The van der Waals surface area contributed by atoms with Crippen molar-refractivity contribution in [2.45, 2.75) is 13.5 Å². The number of nitro groups is 1. The van der Waals surface area contributed by atoms with Crippen molar-refractivity contribution in [2.24, 2.45) is 0 Å². The van der Waals surface area contributed by atoms with Crippen LogP contribution in [-0.2, 0) is 6.54 Å². The number of amides is 1. The highest BCUT2D eigenvalue weighted by molar-refractivity contribution is 5.94. The standard InChI is InChI=1S/C17H16N6O4/c1-12-11-13(3-4-14(12)23(26)27)17(25)18-8-10-22-16(24)6-5-15(20-22)21-9-2-7-19-21/h2-7,9,11H,8,10H2,1H3,(H,18,25). The number of rotatable bonds is 6. The van der Waals surface area contributed by atoms with Gasteiger partial charge in [0.05, 0.1) is 11.5 Å². The molecule has 0 aliphatic heterocycles. The Labute approximate surface area is 153 Å². The SMILES string of the molecule is Cc1cc(C(=O)NCCn2nc(-n3cccn3)ccc2=O)ccc1[N+](=O)[O-]. The molecule has 2 heterocycles. The van der Waals surface area contributed by atoms with Gasteiger partial charge in [0.25, 0.3) is 17.2 Å². The molecule has 0 aliphatic rings. The van der Waals surface area contributed by atoms with Crippen LogP contribution in [0, 0.1) is 17.0 Å². The molecule has 3 aromatic rings. The molecule has 0 radical (unpaired) electrons. The summed E-state index contributed by atoms with van der Waals surface area (Å²) in [4.78, 5) is 34.5. The van der Waals surface area contributed by atoms with Gasteiger partial charge in [-0.05, 0) is 31.2 Å². The average Bonchev–Trinajstić information content (AvgIpc) is 3.17. The van der Waals surface area contributed by atoms with E-state index in [4.69, 9.17) is 0 Å². The van der Waals surface area contributed by atoms with E-state index in [9.17, 15) is 19.7 Å². The molecule has 0 atom stereocenters. The summed E-state index contributed by atoms with van der Waals surface area (Å²) >= 11 is 0. The molecule has 0 spiro atoms. The van der Waals surface area contributed by atoms with Gasteiger partial charge in [0.15, 0.2) is 5.82 Å². The fourth-order valence-electron chi connectivity index (χ4n) is 2.50. The lowest BCUT2D eigenvalue weighted by Gasteiger charge is -2.09. The number of aryl methyl sites for hydroxylation is 1. The highest BCUT2D eigenvalue weighted by Crippen LogP contribution is 2.18. The zero-order valence-electron chi connectivity index (χ0n) is 14.4. The number of benzene rings is 1. The van der Waals surface area contributed by atoms with Crippen molar-refractivity contribution in [2.75, 3.05) is 6.54 Å². The third-order valence-electron chi connectivity index (χ3n) is 3.86. The van der Waals surface area contributed by atoms with Gasteiger partial charge >= 0.3 is 0 Å². The molecule has 0 saturated heterocycles. The van der Waals surface area contributed by atoms with E-state index >= 15 is 0 Å². The summed E-state index contributed by atoms with van der Waals surface area (Å²) < 4.78 is 2.76. The first-order valence-electron chi connectivity index (χ1n) is 8.07. The van der Waals surface area contributed by atoms with Crippen molar-refractivity contribution < 1.29 is 9.72 Å². The third-order valence-corrected chi connectivity index (χ3v) is 3.86. The first kappa shape index (κ1) is 18.0. The van der Waals surface area contributed by atoms with Crippen LogP contribution in [0.5, 0.6) is 0 Å².